The van der Waals surface area contributed by atoms with Crippen LogP contribution in [0.5, 0.6) is 0 Å². The van der Waals surface area contributed by atoms with Crippen molar-refractivity contribution in [3.63, 3.8) is 0 Å². The van der Waals surface area contributed by atoms with E-state index in [9.17, 15) is 9.59 Å². The molecule has 2 bridgehead atoms. The van der Waals surface area contributed by atoms with Crippen LogP contribution >= 0.6 is 11.3 Å². The molecule has 2 aromatic rings. The highest BCUT2D eigenvalue weighted by Crippen LogP contribution is 2.61. The molecule has 4 rings (SSSR count). The van der Waals surface area contributed by atoms with Crippen LogP contribution in [0.1, 0.15) is 40.0 Å². The van der Waals surface area contributed by atoms with Gasteiger partial charge in [0.05, 0.1) is 4.88 Å². The molecule has 0 aliphatic heterocycles. The monoisotopic (exact) mass is 386 g/mol. The van der Waals surface area contributed by atoms with Gasteiger partial charge in [0.2, 0.25) is 5.91 Å². The first kappa shape index (κ1) is 18.2. The van der Waals surface area contributed by atoms with Crippen LogP contribution in [0.2, 0.25) is 0 Å². The van der Waals surface area contributed by atoms with Gasteiger partial charge in [0, 0.05) is 5.54 Å². The van der Waals surface area contributed by atoms with Crippen molar-refractivity contribution in [2.45, 2.75) is 52.1 Å². The van der Waals surface area contributed by atoms with Gasteiger partial charge in [0.15, 0.2) is 0 Å². The second kappa shape index (κ2) is 6.19. The number of hydrogen-bond acceptors (Lipinski definition) is 5. The van der Waals surface area contributed by atoms with Gasteiger partial charge < -0.3 is 11.1 Å². The molecule has 1 amide bonds. The highest BCUT2D eigenvalue weighted by atomic mass is 32.1. The number of nitrogen functional groups attached to an aromatic ring is 1. The van der Waals surface area contributed by atoms with Crippen molar-refractivity contribution in [2.24, 2.45) is 17.3 Å². The van der Waals surface area contributed by atoms with E-state index >= 15 is 0 Å². The van der Waals surface area contributed by atoms with E-state index in [2.05, 4.69) is 31.2 Å². The minimum atomic E-state index is -0.428. The van der Waals surface area contributed by atoms with Gasteiger partial charge in [-0.25, -0.2) is 4.68 Å². The zero-order chi connectivity index (χ0) is 19.4. The first-order valence-corrected chi connectivity index (χ1v) is 10.3. The van der Waals surface area contributed by atoms with Crippen molar-refractivity contribution >= 4 is 22.9 Å². The highest BCUT2D eigenvalue weighted by molar-refractivity contribution is 7.13. The first-order valence-electron chi connectivity index (χ1n) is 9.45. The third-order valence-electron chi connectivity index (χ3n) is 7.08. The average Bonchev–Trinajstić information content (AvgIpc) is 3.31. The fourth-order valence-corrected chi connectivity index (χ4v) is 5.74. The minimum Gasteiger partial charge on any atom is -0.394 e. The molecular formula is C20H26N4O2S. The molecule has 3 atom stereocenters. The van der Waals surface area contributed by atoms with E-state index in [1.54, 1.807) is 6.07 Å². The molecule has 0 aromatic carbocycles. The molecule has 27 heavy (non-hydrogen) atoms. The summed E-state index contributed by atoms with van der Waals surface area (Å²) in [6.45, 7) is 6.53. The number of amides is 1. The highest BCUT2D eigenvalue weighted by Gasteiger charge is 2.60. The smallest absolute Gasteiger partial charge is 0.290 e. The average molecular weight is 387 g/mol. The van der Waals surface area contributed by atoms with Gasteiger partial charge in [-0.05, 0) is 60.9 Å². The summed E-state index contributed by atoms with van der Waals surface area (Å²) in [5.74, 6) is 0.954. The fraction of sp³-hybridized carbons (Fsp3) is 0.550. The molecule has 0 radical (unpaired) electrons. The van der Waals surface area contributed by atoms with Crippen LogP contribution in [-0.2, 0) is 11.3 Å². The maximum atomic E-state index is 12.9. The molecule has 144 valence electrons. The summed E-state index contributed by atoms with van der Waals surface area (Å²) in [5, 5.41) is 9.56. The van der Waals surface area contributed by atoms with Gasteiger partial charge in [-0.3, -0.25) is 9.59 Å². The molecule has 2 aromatic heterocycles. The van der Waals surface area contributed by atoms with Crippen LogP contribution in [0.3, 0.4) is 0 Å². The Kier molecular flexibility index (Phi) is 4.18. The SMILES string of the molecule is CC1(C)C2CCC(C2)C1(C)NC(=O)Cn1nc(-c2cccs2)cc(N)c1=O. The number of nitrogens with zero attached hydrogens (tertiary/aromatic N) is 2. The zero-order valence-corrected chi connectivity index (χ0v) is 16.8. The van der Waals surface area contributed by atoms with Crippen molar-refractivity contribution in [1.82, 2.24) is 15.1 Å². The van der Waals surface area contributed by atoms with Crippen molar-refractivity contribution < 1.29 is 4.79 Å². The largest absolute Gasteiger partial charge is 0.394 e. The second-order valence-corrected chi connectivity index (χ2v) is 9.55. The van der Waals surface area contributed by atoms with Crippen molar-refractivity contribution in [2.75, 3.05) is 5.73 Å². The van der Waals surface area contributed by atoms with Crippen LogP contribution in [-0.4, -0.2) is 21.2 Å². The Labute approximate surface area is 162 Å². The van der Waals surface area contributed by atoms with E-state index in [0.717, 1.165) is 11.3 Å². The van der Waals surface area contributed by atoms with E-state index in [1.165, 1.54) is 28.9 Å². The molecule has 2 saturated carbocycles. The number of carbonyl (C=O) groups is 1. The summed E-state index contributed by atoms with van der Waals surface area (Å²) in [7, 11) is 0. The number of hydrogen-bond donors (Lipinski definition) is 2. The Balaban J connectivity index is 1.58. The van der Waals surface area contributed by atoms with E-state index < -0.39 is 5.56 Å². The Hall–Kier alpha value is -2.15. The fourth-order valence-electron chi connectivity index (χ4n) is 5.05. The van der Waals surface area contributed by atoms with Gasteiger partial charge in [0.25, 0.3) is 5.56 Å². The summed E-state index contributed by atoms with van der Waals surface area (Å²) in [6, 6.07) is 5.40. The lowest BCUT2D eigenvalue weighted by Crippen LogP contribution is -2.60. The maximum Gasteiger partial charge on any atom is 0.290 e. The van der Waals surface area contributed by atoms with Crippen LogP contribution in [0.15, 0.2) is 28.4 Å². The lowest BCUT2D eigenvalue weighted by Gasteiger charge is -2.48. The van der Waals surface area contributed by atoms with Crippen molar-refractivity contribution in [1.29, 1.82) is 0 Å². The summed E-state index contributed by atoms with van der Waals surface area (Å²) < 4.78 is 1.18. The molecule has 3 unspecified atom stereocenters. The number of nitrogens with two attached hydrogens (primary N) is 1. The summed E-state index contributed by atoms with van der Waals surface area (Å²) in [4.78, 5) is 26.2. The summed E-state index contributed by atoms with van der Waals surface area (Å²) in [6.07, 6.45) is 3.57. The molecule has 2 aliphatic rings. The predicted octanol–water partition coefficient (Wildman–Crippen LogP) is 2.89. The van der Waals surface area contributed by atoms with Gasteiger partial charge in [-0.15, -0.1) is 11.3 Å². The molecular weight excluding hydrogens is 360 g/mol. The van der Waals surface area contributed by atoms with Gasteiger partial charge in [0.1, 0.15) is 17.9 Å². The number of aromatic nitrogens is 2. The van der Waals surface area contributed by atoms with Crippen LogP contribution in [0, 0.1) is 17.3 Å². The van der Waals surface area contributed by atoms with E-state index in [-0.39, 0.29) is 29.1 Å². The van der Waals surface area contributed by atoms with E-state index in [0.29, 0.717) is 17.5 Å². The molecule has 0 spiro atoms. The number of fused-ring (bicyclic) bond motifs is 2. The maximum absolute atomic E-state index is 12.9. The predicted molar refractivity (Wildman–Crippen MR) is 107 cm³/mol. The molecule has 2 aliphatic carbocycles. The molecule has 0 saturated heterocycles. The first-order chi connectivity index (χ1) is 12.7. The Morgan fingerprint density at radius 2 is 2.11 bits per heavy atom. The molecule has 7 heteroatoms. The van der Waals surface area contributed by atoms with E-state index in [4.69, 9.17) is 5.73 Å². The number of carbonyl (C=O) groups excluding carboxylic acids is 1. The minimum absolute atomic E-state index is 0.0435. The summed E-state index contributed by atoms with van der Waals surface area (Å²) >= 11 is 1.52. The third-order valence-corrected chi connectivity index (χ3v) is 7.97. The third kappa shape index (κ3) is 2.79. The molecule has 2 heterocycles. The number of nitrogens with one attached hydrogen (secondary N) is 1. The van der Waals surface area contributed by atoms with Gasteiger partial charge in [-0.1, -0.05) is 19.9 Å². The summed E-state index contributed by atoms with van der Waals surface area (Å²) in [5.41, 5.74) is 5.96. The molecule has 6 nitrogen and oxygen atoms in total. The Bertz CT molecular complexity index is 934. The van der Waals surface area contributed by atoms with Gasteiger partial charge in [-0.2, -0.15) is 5.10 Å². The number of thiophene rings is 1. The van der Waals surface area contributed by atoms with E-state index in [1.807, 2.05) is 17.5 Å². The van der Waals surface area contributed by atoms with Crippen molar-refractivity contribution in [3.05, 3.63) is 33.9 Å². The number of rotatable bonds is 4. The van der Waals surface area contributed by atoms with Crippen LogP contribution in [0.25, 0.3) is 10.6 Å². The standard InChI is InChI=1S/C20H26N4O2S/c1-19(2)12-6-7-13(9-12)20(19,3)22-17(25)11-24-18(26)14(21)10-15(23-24)16-5-4-8-27-16/h4-5,8,10,12-13H,6-7,9,11,21H2,1-3H3,(H,22,25). The molecule has 2 fully saturated rings. The quantitative estimate of drug-likeness (QED) is 0.845. The second-order valence-electron chi connectivity index (χ2n) is 8.60. The normalized spacial score (nSPS) is 28.4. The lowest BCUT2D eigenvalue weighted by atomic mass is 9.64. The topological polar surface area (TPSA) is 90.0 Å². The van der Waals surface area contributed by atoms with Crippen LogP contribution < -0.4 is 16.6 Å². The Morgan fingerprint density at radius 1 is 1.37 bits per heavy atom. The van der Waals surface area contributed by atoms with Gasteiger partial charge >= 0.3 is 0 Å². The van der Waals surface area contributed by atoms with Crippen LogP contribution in [0.4, 0.5) is 5.69 Å². The Morgan fingerprint density at radius 3 is 2.74 bits per heavy atom. The number of anilines is 1. The zero-order valence-electron chi connectivity index (χ0n) is 16.0. The molecule has 3 N–H and O–H groups in total. The van der Waals surface area contributed by atoms with Crippen molar-refractivity contribution in [3.8, 4) is 10.6 Å². The lowest BCUT2D eigenvalue weighted by molar-refractivity contribution is -0.126.